The van der Waals surface area contributed by atoms with Crippen LogP contribution in [0.25, 0.3) is 0 Å². The molecule has 0 saturated heterocycles. The molecule has 136 valence electrons. The number of rotatable bonds is 4. The predicted molar refractivity (Wildman–Crippen MR) is 97.1 cm³/mol. The molecule has 1 atom stereocenters. The summed E-state index contributed by atoms with van der Waals surface area (Å²) in [6, 6.07) is 8.41. The van der Waals surface area contributed by atoms with Gasteiger partial charge in [-0.25, -0.2) is 0 Å². The Balaban J connectivity index is -0.000000374. The van der Waals surface area contributed by atoms with Crippen LogP contribution in [-0.2, 0) is 41.9 Å². The number of ketones is 1. The number of aryl methyl sites for hydroxylation is 1. The fourth-order valence-corrected chi connectivity index (χ4v) is 1.98. The van der Waals surface area contributed by atoms with Crippen molar-refractivity contribution in [2.45, 2.75) is 39.6 Å². The minimum absolute atomic E-state index is 0. The molecule has 0 saturated carbocycles. The van der Waals surface area contributed by atoms with E-state index in [0.29, 0.717) is 4.90 Å². The summed E-state index contributed by atoms with van der Waals surface area (Å²) in [6.07, 6.45) is 4.53. The van der Waals surface area contributed by atoms with Gasteiger partial charge >= 0.3 is 21.1 Å². The molecule has 0 bridgehead atoms. The van der Waals surface area contributed by atoms with E-state index >= 15 is 0 Å². The predicted octanol–water partition coefficient (Wildman–Crippen LogP) is 2.65. The van der Waals surface area contributed by atoms with E-state index in [1.165, 1.54) is 25.3 Å². The number of imide groups is 1. The van der Waals surface area contributed by atoms with E-state index in [4.69, 9.17) is 7.85 Å². The fraction of sp³-hybridized carbons (Fsp3) is 0.316. The second-order valence-corrected chi connectivity index (χ2v) is 5.48. The Labute approximate surface area is 196 Å². The number of hydrogen-bond acceptors (Lipinski definition) is 3. The topological polar surface area (TPSA) is 54.5 Å². The van der Waals surface area contributed by atoms with E-state index in [0.717, 1.165) is 17.7 Å². The minimum Gasteiger partial charge on any atom is -0.338 e. The molecule has 0 fully saturated rings. The first-order valence-corrected chi connectivity index (χ1v) is 7.32. The number of benzene rings is 1. The maximum atomic E-state index is 11.1. The molecule has 1 aromatic rings. The van der Waals surface area contributed by atoms with Crippen molar-refractivity contribution in [1.82, 2.24) is 4.90 Å². The average molecular weight is 747 g/mol. The Bertz CT molecular complexity index is 612. The average Bonchev–Trinajstić information content (AvgIpc) is 2.82. The molecule has 1 heterocycles. The van der Waals surface area contributed by atoms with Gasteiger partial charge in [0, 0.05) is 54.5 Å². The van der Waals surface area contributed by atoms with Gasteiger partial charge < -0.3 is 11.7 Å². The first kappa shape index (κ1) is 30.1. The van der Waals surface area contributed by atoms with Crippen molar-refractivity contribution in [3.05, 3.63) is 61.4 Å². The molecule has 7 heteroatoms. The van der Waals surface area contributed by atoms with Crippen molar-refractivity contribution in [3.63, 3.8) is 0 Å². The van der Waals surface area contributed by atoms with Crippen molar-refractivity contribution >= 4 is 25.4 Å². The third-order valence-electron chi connectivity index (χ3n) is 3.40. The second kappa shape index (κ2) is 13.5. The van der Waals surface area contributed by atoms with Gasteiger partial charge in [0.25, 0.3) is 11.8 Å². The monoisotopic (exact) mass is 747 g/mol. The van der Waals surface area contributed by atoms with Crippen LogP contribution in [0.3, 0.4) is 0 Å². The molecular formula is C19H24BNO3UW. The summed E-state index contributed by atoms with van der Waals surface area (Å²) >= 11 is 0. The Hall–Kier alpha value is -0.685. The van der Waals surface area contributed by atoms with Gasteiger partial charge in [0.2, 0.25) is 0 Å². The smallest absolute Gasteiger partial charge is 0.338 e. The molecule has 2 amide bonds. The van der Waals surface area contributed by atoms with Crippen LogP contribution in [-0.4, -0.2) is 35.8 Å². The maximum Gasteiger partial charge on any atom is 2.00 e. The van der Waals surface area contributed by atoms with Crippen molar-refractivity contribution in [1.29, 1.82) is 0 Å². The van der Waals surface area contributed by atoms with Gasteiger partial charge in [-0.1, -0.05) is 26.3 Å². The minimum atomic E-state index is -1.66. The molecule has 0 spiro atoms. The number of hydrogen-bond donors (Lipinski definition) is 0. The molecule has 2 rings (SSSR count). The number of nitrogens with zero attached hydrogens (tertiary/aromatic N) is 1. The SMILES string of the molecule is C.[B]C(C)(C([CH2-])=O)N1C(=O)C=CC1=O.[CH2-]c1ccc(CCC)cc1.[U].[W+2]. The van der Waals surface area contributed by atoms with Crippen LogP contribution in [0.4, 0.5) is 0 Å². The zero-order valence-corrected chi connectivity index (χ0v) is 21.5. The van der Waals surface area contributed by atoms with Crippen LogP contribution in [0, 0.1) is 45.0 Å². The first-order valence-electron chi connectivity index (χ1n) is 7.32. The van der Waals surface area contributed by atoms with Crippen LogP contribution in [0.2, 0.25) is 0 Å². The van der Waals surface area contributed by atoms with Crippen molar-refractivity contribution in [3.8, 4) is 0 Å². The summed E-state index contributed by atoms with van der Waals surface area (Å²) in [5.41, 5.74) is 0.854. The van der Waals surface area contributed by atoms with E-state index in [1.807, 2.05) is 0 Å². The molecule has 2 radical (unpaired) electrons. The van der Waals surface area contributed by atoms with Gasteiger partial charge in [-0.3, -0.25) is 14.5 Å². The number of carbonyl (C=O) groups excluding carboxylic acids is 3. The summed E-state index contributed by atoms with van der Waals surface area (Å²) < 4.78 is 0. The summed E-state index contributed by atoms with van der Waals surface area (Å²) in [4.78, 5) is 33.8. The zero-order chi connectivity index (χ0) is 17.6. The van der Waals surface area contributed by atoms with Crippen LogP contribution in [0.15, 0.2) is 36.4 Å². The number of amides is 2. The van der Waals surface area contributed by atoms with Gasteiger partial charge in [0.1, 0.15) is 7.85 Å². The molecule has 26 heavy (non-hydrogen) atoms. The van der Waals surface area contributed by atoms with Crippen molar-refractivity contribution < 1.29 is 66.6 Å². The Morgan fingerprint density at radius 3 is 1.92 bits per heavy atom. The Morgan fingerprint density at radius 2 is 1.58 bits per heavy atom. The van der Waals surface area contributed by atoms with Crippen LogP contribution in [0.5, 0.6) is 0 Å². The molecule has 0 aliphatic carbocycles. The molecule has 1 aliphatic rings. The van der Waals surface area contributed by atoms with Gasteiger partial charge in [-0.05, 0) is 13.3 Å². The Morgan fingerprint density at radius 1 is 1.15 bits per heavy atom. The molecular weight excluding hydrogens is 723 g/mol. The molecule has 1 aromatic carbocycles. The molecule has 0 aromatic heterocycles. The third-order valence-corrected chi connectivity index (χ3v) is 3.40. The van der Waals surface area contributed by atoms with Gasteiger partial charge in [-0.15, -0.1) is 12.1 Å². The summed E-state index contributed by atoms with van der Waals surface area (Å²) in [6.45, 7) is 10.4. The van der Waals surface area contributed by atoms with Gasteiger partial charge in [0.15, 0.2) is 0 Å². The number of Topliss-reactive ketones (excluding diaryl/α,β-unsaturated/α-hetero) is 1. The van der Waals surface area contributed by atoms with Gasteiger partial charge in [0.05, 0.1) is 0 Å². The Kier molecular flexibility index (Phi) is 15.6. The molecule has 1 aliphatic heterocycles. The maximum absolute atomic E-state index is 11.1. The normalized spacial score (nSPS) is 14.0. The van der Waals surface area contributed by atoms with E-state index < -0.39 is 23.0 Å². The van der Waals surface area contributed by atoms with E-state index in [2.05, 4.69) is 45.0 Å². The fourth-order valence-electron chi connectivity index (χ4n) is 1.98. The van der Waals surface area contributed by atoms with E-state index in [-0.39, 0.29) is 59.6 Å². The van der Waals surface area contributed by atoms with E-state index in [1.54, 1.807) is 0 Å². The zero-order valence-electron chi connectivity index (χ0n) is 14.5. The third kappa shape index (κ3) is 8.34. The second-order valence-electron chi connectivity index (χ2n) is 5.48. The quantitative estimate of drug-likeness (QED) is 0.271. The van der Waals surface area contributed by atoms with E-state index in [9.17, 15) is 14.4 Å². The largest absolute Gasteiger partial charge is 2.00 e. The van der Waals surface area contributed by atoms with Gasteiger partial charge in [-0.2, -0.15) is 24.6 Å². The first-order chi connectivity index (χ1) is 10.7. The summed E-state index contributed by atoms with van der Waals surface area (Å²) in [7, 11) is 5.48. The van der Waals surface area contributed by atoms with Crippen molar-refractivity contribution in [2.24, 2.45) is 0 Å². The molecule has 1 unspecified atom stereocenters. The molecule has 4 nitrogen and oxygen atoms in total. The summed E-state index contributed by atoms with van der Waals surface area (Å²) in [5.74, 6) is -1.86. The standard InChI is InChI=1S/C10H13.C8H7BNO3.CH4.U.W/c1-3-4-10-7-5-9(2)6-8-10;1-5(11)8(2,9)10-6(12)3-4-7(10)13;;;/h5-8H,2-4H2,1H3;3-4H,1H2,2H3;1H4;;/q2*-1;;;+2. The molecule has 0 N–H and O–H groups in total. The number of carbonyl (C=O) groups is 3. The summed E-state index contributed by atoms with van der Waals surface area (Å²) in [5, 5.41) is 0. The van der Waals surface area contributed by atoms with Crippen molar-refractivity contribution in [2.75, 3.05) is 0 Å². The van der Waals surface area contributed by atoms with Crippen LogP contribution >= 0.6 is 0 Å². The van der Waals surface area contributed by atoms with Crippen LogP contribution < -0.4 is 0 Å². The van der Waals surface area contributed by atoms with Crippen LogP contribution in [0.1, 0.15) is 38.8 Å².